The fourth-order valence-electron chi connectivity index (χ4n) is 2.02. The van der Waals surface area contributed by atoms with E-state index in [2.05, 4.69) is 5.32 Å². The number of hydrogen-bond donors (Lipinski definition) is 1. The van der Waals surface area contributed by atoms with E-state index >= 15 is 0 Å². The number of halogens is 2. The van der Waals surface area contributed by atoms with Crippen LogP contribution in [0.15, 0.2) is 36.4 Å². The van der Waals surface area contributed by atoms with Crippen LogP contribution in [0.5, 0.6) is 5.75 Å². The van der Waals surface area contributed by atoms with Gasteiger partial charge in [-0.2, -0.15) is 0 Å². The molecule has 2 aromatic carbocycles. The van der Waals surface area contributed by atoms with E-state index in [1.165, 1.54) is 0 Å². The van der Waals surface area contributed by atoms with E-state index in [4.69, 9.17) is 4.74 Å². The average Bonchev–Trinajstić information content (AvgIpc) is 2.43. The van der Waals surface area contributed by atoms with Crippen molar-refractivity contribution in [3.05, 3.63) is 42.0 Å². The molecule has 0 aromatic heterocycles. The zero-order valence-corrected chi connectivity index (χ0v) is 11.0. The molecule has 0 amide bonds. The maximum absolute atomic E-state index is 12.2. The summed E-state index contributed by atoms with van der Waals surface area (Å²) in [4.78, 5) is 0. The highest BCUT2D eigenvalue weighted by molar-refractivity contribution is 5.84. The van der Waals surface area contributed by atoms with Crippen molar-refractivity contribution >= 4 is 10.8 Å². The molecule has 0 radical (unpaired) electrons. The zero-order chi connectivity index (χ0) is 13.8. The molecule has 19 heavy (non-hydrogen) atoms. The highest BCUT2D eigenvalue weighted by Gasteiger charge is 2.09. The molecule has 1 unspecified atom stereocenters. The van der Waals surface area contributed by atoms with Gasteiger partial charge in [0, 0.05) is 6.04 Å². The summed E-state index contributed by atoms with van der Waals surface area (Å²) in [5.74, 6) is 0.809. The summed E-state index contributed by atoms with van der Waals surface area (Å²) < 4.78 is 29.5. The van der Waals surface area contributed by atoms with E-state index in [1.807, 2.05) is 43.3 Å². The van der Waals surface area contributed by atoms with Crippen LogP contribution in [-0.2, 0) is 0 Å². The van der Waals surface area contributed by atoms with E-state index < -0.39 is 6.43 Å². The van der Waals surface area contributed by atoms with Crippen LogP contribution < -0.4 is 10.1 Å². The maximum Gasteiger partial charge on any atom is 0.250 e. The molecule has 0 fully saturated rings. The van der Waals surface area contributed by atoms with Gasteiger partial charge in [-0.15, -0.1) is 0 Å². The van der Waals surface area contributed by atoms with Crippen LogP contribution in [0.3, 0.4) is 0 Å². The molecule has 0 saturated heterocycles. The number of nitrogens with one attached hydrogen (secondary N) is 1. The first-order valence-corrected chi connectivity index (χ1v) is 6.19. The fraction of sp³-hybridized carbons (Fsp3) is 0.333. The van der Waals surface area contributed by atoms with Gasteiger partial charge >= 0.3 is 0 Å². The van der Waals surface area contributed by atoms with Gasteiger partial charge in [0.2, 0.25) is 0 Å². The van der Waals surface area contributed by atoms with Gasteiger partial charge in [-0.1, -0.05) is 18.2 Å². The Labute approximate surface area is 111 Å². The van der Waals surface area contributed by atoms with Crippen LogP contribution in [0, 0.1) is 0 Å². The van der Waals surface area contributed by atoms with E-state index in [0.29, 0.717) is 0 Å². The quantitative estimate of drug-likeness (QED) is 0.888. The normalized spacial score (nSPS) is 12.9. The second kappa shape index (κ2) is 5.97. The minimum atomic E-state index is -2.33. The predicted molar refractivity (Wildman–Crippen MR) is 72.9 cm³/mol. The van der Waals surface area contributed by atoms with Crippen molar-refractivity contribution in [3.63, 3.8) is 0 Å². The summed E-state index contributed by atoms with van der Waals surface area (Å²) >= 11 is 0. The SMILES string of the molecule is COc1ccc2cc(C(C)NCC(F)F)ccc2c1. The second-order valence-corrected chi connectivity index (χ2v) is 4.49. The molecule has 1 atom stereocenters. The van der Waals surface area contributed by atoms with Crippen molar-refractivity contribution < 1.29 is 13.5 Å². The minimum Gasteiger partial charge on any atom is -0.497 e. The monoisotopic (exact) mass is 265 g/mol. The van der Waals surface area contributed by atoms with Gasteiger partial charge in [-0.3, -0.25) is 0 Å². The Morgan fingerprint density at radius 2 is 1.79 bits per heavy atom. The minimum absolute atomic E-state index is 0.0968. The van der Waals surface area contributed by atoms with Gasteiger partial charge in [0.05, 0.1) is 13.7 Å². The number of fused-ring (bicyclic) bond motifs is 1. The number of alkyl halides is 2. The second-order valence-electron chi connectivity index (χ2n) is 4.49. The van der Waals surface area contributed by atoms with Crippen molar-refractivity contribution in [2.75, 3.05) is 13.7 Å². The Morgan fingerprint density at radius 1 is 1.11 bits per heavy atom. The molecule has 0 spiro atoms. The maximum atomic E-state index is 12.2. The highest BCUT2D eigenvalue weighted by Crippen LogP contribution is 2.24. The molecular weight excluding hydrogens is 248 g/mol. The van der Waals surface area contributed by atoms with Gasteiger partial charge in [0.1, 0.15) is 5.75 Å². The summed E-state index contributed by atoms with van der Waals surface area (Å²) in [6.07, 6.45) is -2.33. The van der Waals surface area contributed by atoms with Gasteiger partial charge in [-0.05, 0) is 41.5 Å². The Bertz CT molecular complexity index is 557. The smallest absolute Gasteiger partial charge is 0.250 e. The van der Waals surface area contributed by atoms with Crippen LogP contribution in [0.1, 0.15) is 18.5 Å². The number of methoxy groups -OCH3 is 1. The summed E-state index contributed by atoms with van der Waals surface area (Å²) in [5.41, 5.74) is 0.998. The van der Waals surface area contributed by atoms with Crippen molar-refractivity contribution in [3.8, 4) is 5.75 Å². The predicted octanol–water partition coefficient (Wildman–Crippen LogP) is 3.76. The first-order valence-electron chi connectivity index (χ1n) is 6.19. The van der Waals surface area contributed by atoms with Crippen LogP contribution in [-0.4, -0.2) is 20.1 Å². The van der Waals surface area contributed by atoms with Crippen molar-refractivity contribution in [2.45, 2.75) is 19.4 Å². The Morgan fingerprint density at radius 3 is 2.47 bits per heavy atom. The van der Waals surface area contributed by atoms with Crippen molar-refractivity contribution in [1.29, 1.82) is 0 Å². The molecule has 0 saturated carbocycles. The molecule has 2 rings (SSSR count). The molecule has 0 aliphatic carbocycles. The highest BCUT2D eigenvalue weighted by atomic mass is 19.3. The summed E-state index contributed by atoms with van der Waals surface area (Å²) in [6.45, 7) is 1.59. The number of benzene rings is 2. The Hall–Kier alpha value is -1.68. The summed E-state index contributed by atoms with van der Waals surface area (Å²) in [5, 5.41) is 4.96. The molecule has 2 aromatic rings. The zero-order valence-electron chi connectivity index (χ0n) is 11.0. The lowest BCUT2D eigenvalue weighted by molar-refractivity contribution is 0.142. The molecule has 1 N–H and O–H groups in total. The average molecular weight is 265 g/mol. The van der Waals surface area contributed by atoms with E-state index in [1.54, 1.807) is 7.11 Å². The van der Waals surface area contributed by atoms with E-state index in [-0.39, 0.29) is 12.6 Å². The largest absolute Gasteiger partial charge is 0.497 e. The van der Waals surface area contributed by atoms with Crippen LogP contribution >= 0.6 is 0 Å². The van der Waals surface area contributed by atoms with E-state index in [0.717, 1.165) is 22.1 Å². The molecule has 2 nitrogen and oxygen atoms in total. The van der Waals surface area contributed by atoms with Crippen LogP contribution in [0.4, 0.5) is 8.78 Å². The molecule has 102 valence electrons. The topological polar surface area (TPSA) is 21.3 Å². The molecule has 4 heteroatoms. The fourth-order valence-corrected chi connectivity index (χ4v) is 2.02. The van der Waals surface area contributed by atoms with Gasteiger partial charge in [0.25, 0.3) is 6.43 Å². The van der Waals surface area contributed by atoms with Crippen molar-refractivity contribution in [1.82, 2.24) is 5.32 Å². The molecule has 0 aliphatic heterocycles. The molecular formula is C15H17F2NO. The molecule has 0 heterocycles. The van der Waals surface area contributed by atoms with Gasteiger partial charge in [-0.25, -0.2) is 8.78 Å². The van der Waals surface area contributed by atoms with Crippen LogP contribution in [0.25, 0.3) is 10.8 Å². The van der Waals surface area contributed by atoms with Crippen molar-refractivity contribution in [2.24, 2.45) is 0 Å². The number of rotatable bonds is 5. The van der Waals surface area contributed by atoms with Gasteiger partial charge < -0.3 is 10.1 Å². The lowest BCUT2D eigenvalue weighted by atomic mass is 10.0. The summed E-state index contributed by atoms with van der Waals surface area (Å²) in [6, 6.07) is 11.7. The van der Waals surface area contributed by atoms with Gasteiger partial charge in [0.15, 0.2) is 0 Å². The number of ether oxygens (including phenoxy) is 1. The lowest BCUT2D eigenvalue weighted by Gasteiger charge is -2.14. The molecule has 0 aliphatic rings. The molecule has 0 bridgehead atoms. The number of hydrogen-bond acceptors (Lipinski definition) is 2. The van der Waals surface area contributed by atoms with Crippen LogP contribution in [0.2, 0.25) is 0 Å². The lowest BCUT2D eigenvalue weighted by Crippen LogP contribution is -2.24. The first-order chi connectivity index (χ1) is 9.10. The third-order valence-corrected chi connectivity index (χ3v) is 3.15. The van der Waals surface area contributed by atoms with E-state index in [9.17, 15) is 8.78 Å². The Balaban J connectivity index is 2.21. The summed E-state index contributed by atoms with van der Waals surface area (Å²) in [7, 11) is 1.63. The third-order valence-electron chi connectivity index (χ3n) is 3.15. The first kappa shape index (κ1) is 13.7. The standard InChI is InChI=1S/C15H17F2NO/c1-10(18-9-15(16)17)11-3-4-13-8-14(19-2)6-5-12(13)7-11/h3-8,10,15,18H,9H2,1-2H3. The third kappa shape index (κ3) is 3.41. The Kier molecular flexibility index (Phi) is 4.32.